The smallest absolute Gasteiger partial charge is 0.239 e. The van der Waals surface area contributed by atoms with Gasteiger partial charge in [-0.05, 0) is 43.3 Å². The van der Waals surface area contributed by atoms with E-state index >= 15 is 0 Å². The molecule has 5 nitrogen and oxygen atoms in total. The van der Waals surface area contributed by atoms with Gasteiger partial charge >= 0.3 is 0 Å². The molecule has 0 radical (unpaired) electrons. The van der Waals surface area contributed by atoms with Crippen LogP contribution in [0.2, 0.25) is 0 Å². The highest BCUT2D eigenvalue weighted by atomic mass is 32.2. The summed E-state index contributed by atoms with van der Waals surface area (Å²) in [7, 11) is 1.62. The van der Waals surface area contributed by atoms with Crippen molar-refractivity contribution in [1.82, 2.24) is 4.98 Å². The number of furan rings is 1. The van der Waals surface area contributed by atoms with Gasteiger partial charge in [0.15, 0.2) is 5.13 Å². The molecule has 0 atom stereocenters. The fraction of sp³-hybridized carbons (Fsp3) is 0.182. The molecule has 0 N–H and O–H groups in total. The van der Waals surface area contributed by atoms with Gasteiger partial charge in [-0.3, -0.25) is 9.69 Å². The van der Waals surface area contributed by atoms with Gasteiger partial charge in [-0.15, -0.1) is 11.8 Å². The highest BCUT2D eigenvalue weighted by molar-refractivity contribution is 8.00. The predicted octanol–water partition coefficient (Wildman–Crippen LogP) is 5.53. The van der Waals surface area contributed by atoms with E-state index in [0.29, 0.717) is 28.9 Å². The molecular weight excluding hydrogens is 404 g/mol. The van der Waals surface area contributed by atoms with Crippen molar-refractivity contribution in [2.24, 2.45) is 0 Å². The van der Waals surface area contributed by atoms with Crippen molar-refractivity contribution >= 4 is 44.4 Å². The number of hydrogen-bond donors (Lipinski definition) is 0. The quantitative estimate of drug-likeness (QED) is 0.365. The first-order chi connectivity index (χ1) is 14.1. The number of para-hydroxylation sites is 1. The standard InChI is InChI=1S/C22H20N2O3S2/c1-15-8-10-17(11-9-15)28-14-20(25)24(13-16-5-4-12-27-16)22-23-21-18(26-2)6-3-7-19(21)29-22/h3-12H,13-14H2,1-2H3. The van der Waals surface area contributed by atoms with E-state index in [-0.39, 0.29) is 5.91 Å². The number of thiazole rings is 1. The van der Waals surface area contributed by atoms with Crippen molar-refractivity contribution in [3.63, 3.8) is 0 Å². The number of aromatic nitrogens is 1. The average Bonchev–Trinajstić information content (AvgIpc) is 3.40. The summed E-state index contributed by atoms with van der Waals surface area (Å²) >= 11 is 2.99. The molecule has 0 unspecified atom stereocenters. The molecule has 0 fully saturated rings. The van der Waals surface area contributed by atoms with Crippen LogP contribution in [0.25, 0.3) is 10.2 Å². The maximum absolute atomic E-state index is 13.1. The SMILES string of the molecule is COc1cccc2sc(N(Cc3ccco3)C(=O)CSc3ccc(C)cc3)nc12. The molecule has 4 aromatic rings. The van der Waals surface area contributed by atoms with Gasteiger partial charge in [-0.25, -0.2) is 4.98 Å². The zero-order valence-electron chi connectivity index (χ0n) is 16.1. The molecule has 0 aliphatic rings. The number of benzene rings is 2. The Kier molecular flexibility index (Phi) is 5.87. The maximum atomic E-state index is 13.1. The number of nitrogens with zero attached hydrogens (tertiary/aromatic N) is 2. The van der Waals surface area contributed by atoms with Gasteiger partial charge in [-0.2, -0.15) is 0 Å². The van der Waals surface area contributed by atoms with Crippen molar-refractivity contribution in [3.8, 4) is 5.75 Å². The van der Waals surface area contributed by atoms with Crippen molar-refractivity contribution in [2.45, 2.75) is 18.4 Å². The van der Waals surface area contributed by atoms with Gasteiger partial charge in [0.05, 0.1) is 30.4 Å². The fourth-order valence-corrected chi connectivity index (χ4v) is 4.64. The van der Waals surface area contributed by atoms with Gasteiger partial charge in [0.2, 0.25) is 5.91 Å². The first-order valence-electron chi connectivity index (χ1n) is 9.10. The third kappa shape index (κ3) is 4.46. The lowest BCUT2D eigenvalue weighted by atomic mass is 10.2. The normalized spacial score (nSPS) is 11.0. The molecule has 0 bridgehead atoms. The monoisotopic (exact) mass is 424 g/mol. The van der Waals surface area contributed by atoms with E-state index < -0.39 is 0 Å². The summed E-state index contributed by atoms with van der Waals surface area (Å²) in [6.07, 6.45) is 1.61. The van der Waals surface area contributed by atoms with Gasteiger partial charge < -0.3 is 9.15 Å². The highest BCUT2D eigenvalue weighted by Crippen LogP contribution is 2.35. The lowest BCUT2D eigenvalue weighted by molar-refractivity contribution is -0.116. The molecule has 0 spiro atoms. The maximum Gasteiger partial charge on any atom is 0.239 e. The van der Waals surface area contributed by atoms with Crippen molar-refractivity contribution < 1.29 is 13.9 Å². The molecule has 0 saturated heterocycles. The molecular formula is C22H20N2O3S2. The summed E-state index contributed by atoms with van der Waals surface area (Å²) in [5.41, 5.74) is 1.96. The molecule has 148 valence electrons. The van der Waals surface area contributed by atoms with E-state index in [1.807, 2.05) is 61.5 Å². The number of thioether (sulfide) groups is 1. The van der Waals surface area contributed by atoms with Crippen LogP contribution in [0.4, 0.5) is 5.13 Å². The molecule has 0 saturated carbocycles. The minimum atomic E-state index is -0.0232. The predicted molar refractivity (Wildman–Crippen MR) is 118 cm³/mol. The van der Waals surface area contributed by atoms with Crippen LogP contribution in [0.15, 0.2) is 70.2 Å². The number of amides is 1. The van der Waals surface area contributed by atoms with E-state index in [2.05, 4.69) is 0 Å². The third-order valence-electron chi connectivity index (χ3n) is 4.40. The van der Waals surface area contributed by atoms with Crippen LogP contribution in [-0.2, 0) is 11.3 Å². The van der Waals surface area contributed by atoms with Gasteiger partial charge in [0, 0.05) is 4.90 Å². The minimum absolute atomic E-state index is 0.0232. The summed E-state index contributed by atoms with van der Waals surface area (Å²) in [4.78, 5) is 20.6. The van der Waals surface area contributed by atoms with Crippen molar-refractivity contribution in [3.05, 3.63) is 72.2 Å². The number of aryl methyl sites for hydroxylation is 1. The Hall–Kier alpha value is -2.77. The summed E-state index contributed by atoms with van der Waals surface area (Å²) in [6.45, 7) is 2.38. The number of carbonyl (C=O) groups is 1. The zero-order chi connectivity index (χ0) is 20.2. The number of methoxy groups -OCH3 is 1. The number of anilines is 1. The second-order valence-corrected chi connectivity index (χ2v) is 8.52. The molecule has 2 aromatic carbocycles. The second-order valence-electron chi connectivity index (χ2n) is 6.46. The van der Waals surface area contributed by atoms with Crippen molar-refractivity contribution in [1.29, 1.82) is 0 Å². The largest absolute Gasteiger partial charge is 0.494 e. The van der Waals surface area contributed by atoms with Gasteiger partial charge in [-0.1, -0.05) is 35.1 Å². The zero-order valence-corrected chi connectivity index (χ0v) is 17.8. The Bertz CT molecular complexity index is 1110. The average molecular weight is 425 g/mol. The highest BCUT2D eigenvalue weighted by Gasteiger charge is 2.22. The molecule has 0 aliphatic carbocycles. The Morgan fingerprint density at radius 3 is 2.72 bits per heavy atom. The Morgan fingerprint density at radius 1 is 1.17 bits per heavy atom. The van der Waals surface area contributed by atoms with Crippen LogP contribution >= 0.6 is 23.1 Å². The Morgan fingerprint density at radius 2 is 2.00 bits per heavy atom. The first-order valence-corrected chi connectivity index (χ1v) is 10.9. The van der Waals surface area contributed by atoms with E-state index in [4.69, 9.17) is 14.1 Å². The van der Waals surface area contributed by atoms with Gasteiger partial charge in [0.1, 0.15) is 17.0 Å². The second kappa shape index (κ2) is 8.71. The molecule has 2 aromatic heterocycles. The fourth-order valence-electron chi connectivity index (χ4n) is 2.87. The van der Waals surface area contributed by atoms with E-state index in [0.717, 1.165) is 15.1 Å². The number of hydrogen-bond acceptors (Lipinski definition) is 6. The topological polar surface area (TPSA) is 55.6 Å². The van der Waals surface area contributed by atoms with E-state index in [9.17, 15) is 4.79 Å². The lowest BCUT2D eigenvalue weighted by Gasteiger charge is -2.18. The molecule has 7 heteroatoms. The first kappa shape index (κ1) is 19.5. The molecule has 2 heterocycles. The Labute approximate surface area is 177 Å². The summed E-state index contributed by atoms with van der Waals surface area (Å²) in [5, 5.41) is 0.635. The van der Waals surface area contributed by atoms with Crippen LogP contribution in [0.1, 0.15) is 11.3 Å². The minimum Gasteiger partial charge on any atom is -0.494 e. The third-order valence-corrected chi connectivity index (χ3v) is 6.44. The number of ether oxygens (including phenoxy) is 1. The number of carbonyl (C=O) groups excluding carboxylic acids is 1. The molecule has 1 amide bonds. The summed E-state index contributed by atoms with van der Waals surface area (Å²) in [5.74, 6) is 1.70. The number of rotatable bonds is 7. The van der Waals surface area contributed by atoms with E-state index in [1.54, 1.807) is 18.3 Å². The van der Waals surface area contributed by atoms with Crippen molar-refractivity contribution in [2.75, 3.05) is 17.8 Å². The van der Waals surface area contributed by atoms with Crippen LogP contribution in [0.5, 0.6) is 5.75 Å². The van der Waals surface area contributed by atoms with E-state index in [1.165, 1.54) is 28.7 Å². The molecule has 0 aliphatic heterocycles. The van der Waals surface area contributed by atoms with Crippen LogP contribution < -0.4 is 9.64 Å². The number of fused-ring (bicyclic) bond motifs is 1. The van der Waals surface area contributed by atoms with Crippen LogP contribution in [-0.4, -0.2) is 23.8 Å². The summed E-state index contributed by atoms with van der Waals surface area (Å²) < 4.78 is 11.9. The van der Waals surface area contributed by atoms with Crippen LogP contribution in [0, 0.1) is 6.92 Å². The molecule has 29 heavy (non-hydrogen) atoms. The summed E-state index contributed by atoms with van der Waals surface area (Å²) in [6, 6.07) is 17.6. The Balaban J connectivity index is 1.60. The van der Waals surface area contributed by atoms with Crippen LogP contribution in [0.3, 0.4) is 0 Å². The lowest BCUT2D eigenvalue weighted by Crippen LogP contribution is -2.31. The molecule has 4 rings (SSSR count). The van der Waals surface area contributed by atoms with Gasteiger partial charge in [0.25, 0.3) is 0 Å².